The molecule has 0 unspecified atom stereocenters. The second-order valence-electron chi connectivity index (χ2n) is 20.1. The second kappa shape index (κ2) is 23.1. The van der Waals surface area contributed by atoms with Crippen LogP contribution in [0.15, 0.2) is 24.3 Å². The fourth-order valence-electron chi connectivity index (χ4n) is 12.1. The van der Waals surface area contributed by atoms with Gasteiger partial charge in [-0.05, 0) is 181 Å². The molecule has 56 heavy (non-hydrogen) atoms. The monoisotopic (exact) mass is 795 g/mol. The third kappa shape index (κ3) is 14.4. The van der Waals surface area contributed by atoms with E-state index < -0.39 is 12.2 Å². The summed E-state index contributed by atoms with van der Waals surface area (Å²) < 4.78 is 73.1. The molecule has 0 atom stereocenters. The molecule has 4 nitrogen and oxygen atoms in total. The van der Waals surface area contributed by atoms with Crippen LogP contribution in [-0.4, -0.2) is 39.0 Å². The molecule has 322 valence electrons. The Hall–Kier alpha value is -0.960. The van der Waals surface area contributed by atoms with Gasteiger partial charge in [-0.2, -0.15) is 17.6 Å². The molecular weight excluding hydrogens is 717 g/mol. The van der Waals surface area contributed by atoms with Crippen molar-refractivity contribution >= 4 is 0 Å². The highest BCUT2D eigenvalue weighted by Crippen LogP contribution is 2.47. The van der Waals surface area contributed by atoms with Crippen molar-refractivity contribution in [3.63, 3.8) is 0 Å². The predicted octanol–water partition coefficient (Wildman–Crippen LogP) is 14.1. The van der Waals surface area contributed by atoms with E-state index in [-0.39, 0.29) is 12.6 Å². The van der Waals surface area contributed by atoms with E-state index in [1.807, 2.05) is 0 Å². The lowest BCUT2D eigenvalue weighted by atomic mass is 9.65. The van der Waals surface area contributed by atoms with Crippen LogP contribution in [0.5, 0.6) is 0 Å². The van der Waals surface area contributed by atoms with Gasteiger partial charge in [0, 0.05) is 23.7 Å². The second-order valence-corrected chi connectivity index (χ2v) is 20.1. The first-order chi connectivity index (χ1) is 27.2. The van der Waals surface area contributed by atoms with E-state index in [0.717, 1.165) is 113 Å². The molecule has 7 aliphatic rings. The van der Waals surface area contributed by atoms with Crippen LogP contribution in [0.1, 0.15) is 168 Å². The lowest BCUT2D eigenvalue weighted by Crippen LogP contribution is -2.38. The normalized spacial score (nSPS) is 41.1. The van der Waals surface area contributed by atoms with Gasteiger partial charge in [0.15, 0.2) is 12.6 Å². The van der Waals surface area contributed by atoms with Crippen LogP contribution in [0.3, 0.4) is 0 Å². The Morgan fingerprint density at radius 3 is 1.11 bits per heavy atom. The van der Waals surface area contributed by atoms with E-state index in [2.05, 4.69) is 13.8 Å². The zero-order valence-electron chi connectivity index (χ0n) is 35.2. The molecule has 0 aromatic rings. The van der Waals surface area contributed by atoms with Crippen molar-refractivity contribution in [2.75, 3.05) is 26.4 Å². The lowest BCUT2D eigenvalue weighted by Gasteiger charge is -2.42. The van der Waals surface area contributed by atoms with Crippen LogP contribution < -0.4 is 0 Å². The number of allylic oxidation sites excluding steroid dienone is 2. The van der Waals surface area contributed by atoms with Crippen molar-refractivity contribution in [1.29, 1.82) is 0 Å². The molecule has 2 heterocycles. The van der Waals surface area contributed by atoms with Crippen LogP contribution in [0.2, 0.25) is 0 Å². The molecule has 2 aliphatic heterocycles. The minimum atomic E-state index is -1.54. The smallest absolute Gasteiger partial charge is 0.266 e. The largest absolute Gasteiger partial charge is 0.352 e. The summed E-state index contributed by atoms with van der Waals surface area (Å²) in [5.41, 5.74) is 0. The Balaban J connectivity index is 0.000000192. The maximum Gasteiger partial charge on any atom is 0.266 e. The van der Waals surface area contributed by atoms with Gasteiger partial charge in [0.05, 0.1) is 26.4 Å². The van der Waals surface area contributed by atoms with Gasteiger partial charge in [0.25, 0.3) is 12.2 Å². The van der Waals surface area contributed by atoms with E-state index in [1.165, 1.54) is 103 Å². The molecule has 0 bridgehead atoms. The number of halogens is 4. The SMILES string of the molecule is CC1CCC(CCC2COC(C3CCC(CC=C(F)F)CC3)OC2)CC1.CC1COC(C2CCC(C3CCC(C4CCC(CC=C(F)F)CC4)CC3)CC2)OC1. The van der Waals surface area contributed by atoms with E-state index in [0.29, 0.717) is 48.3 Å². The van der Waals surface area contributed by atoms with Gasteiger partial charge in [-0.15, -0.1) is 0 Å². The summed E-state index contributed by atoms with van der Waals surface area (Å²) in [6.07, 6.45) is 28.4. The maximum absolute atomic E-state index is 12.3. The van der Waals surface area contributed by atoms with Gasteiger partial charge in [-0.1, -0.05) is 46.0 Å². The highest BCUT2D eigenvalue weighted by atomic mass is 19.3. The van der Waals surface area contributed by atoms with Crippen molar-refractivity contribution in [2.24, 2.45) is 71.0 Å². The van der Waals surface area contributed by atoms with Crippen LogP contribution in [-0.2, 0) is 18.9 Å². The van der Waals surface area contributed by atoms with Gasteiger partial charge >= 0.3 is 0 Å². The fraction of sp³-hybridized carbons (Fsp3) is 0.917. The predicted molar refractivity (Wildman–Crippen MR) is 216 cm³/mol. The molecule has 7 fully saturated rings. The summed E-state index contributed by atoms with van der Waals surface area (Å²) in [6.45, 7) is 7.97. The van der Waals surface area contributed by atoms with Crippen LogP contribution in [0.25, 0.3) is 0 Å². The van der Waals surface area contributed by atoms with Gasteiger partial charge in [-0.3, -0.25) is 0 Å². The van der Waals surface area contributed by atoms with Crippen molar-refractivity contribution in [3.05, 3.63) is 24.3 Å². The quantitative estimate of drug-likeness (QED) is 0.195. The summed E-state index contributed by atoms with van der Waals surface area (Å²) in [6, 6.07) is 0. The molecule has 5 saturated carbocycles. The fourth-order valence-corrected chi connectivity index (χ4v) is 12.1. The van der Waals surface area contributed by atoms with Crippen molar-refractivity contribution in [3.8, 4) is 0 Å². The summed E-state index contributed by atoms with van der Waals surface area (Å²) in [5, 5.41) is 0. The lowest BCUT2D eigenvalue weighted by molar-refractivity contribution is -0.230. The number of hydrogen-bond acceptors (Lipinski definition) is 4. The molecule has 0 N–H and O–H groups in total. The summed E-state index contributed by atoms with van der Waals surface area (Å²) >= 11 is 0. The van der Waals surface area contributed by atoms with E-state index in [4.69, 9.17) is 18.9 Å². The van der Waals surface area contributed by atoms with Crippen molar-refractivity contribution in [2.45, 2.75) is 181 Å². The van der Waals surface area contributed by atoms with E-state index in [9.17, 15) is 17.6 Å². The van der Waals surface area contributed by atoms with Crippen LogP contribution in [0, 0.1) is 71.0 Å². The third-order valence-corrected chi connectivity index (χ3v) is 15.9. The zero-order valence-corrected chi connectivity index (χ0v) is 35.2. The van der Waals surface area contributed by atoms with Gasteiger partial charge in [0.1, 0.15) is 0 Å². The van der Waals surface area contributed by atoms with Crippen molar-refractivity contribution < 1.29 is 36.5 Å². The maximum atomic E-state index is 12.3. The Kier molecular flexibility index (Phi) is 18.4. The minimum absolute atomic E-state index is 0.0591. The molecule has 5 aliphatic carbocycles. The van der Waals surface area contributed by atoms with Crippen molar-refractivity contribution in [1.82, 2.24) is 0 Å². The standard InChI is InChI=1S/C26H42F2O2.C22H36F2O2/c1-18-16-29-26(30-17-18)24-13-11-23(12-14-24)22-9-7-21(8-10-22)20-5-2-19(3-6-20)4-15-25(27)28;1-16-2-4-17(5-3-16)6-7-19-14-25-22(26-15-19)20-11-8-18(9-12-20)10-13-21(23)24/h15,18-24,26H,2-14,16-17H2,1H3;13,16-20,22H,2-12,14-15H2,1H3. The molecular formula is C48H78F4O4. The molecule has 0 amide bonds. The topological polar surface area (TPSA) is 36.9 Å². The van der Waals surface area contributed by atoms with Gasteiger partial charge in [-0.25, -0.2) is 0 Å². The van der Waals surface area contributed by atoms with Gasteiger partial charge < -0.3 is 18.9 Å². The summed E-state index contributed by atoms with van der Waals surface area (Å²) in [5.74, 6) is 8.52. The minimum Gasteiger partial charge on any atom is -0.352 e. The summed E-state index contributed by atoms with van der Waals surface area (Å²) in [7, 11) is 0. The zero-order chi connectivity index (χ0) is 39.3. The molecule has 0 spiro atoms. The molecule has 2 saturated heterocycles. The van der Waals surface area contributed by atoms with Crippen LogP contribution in [0.4, 0.5) is 17.6 Å². The molecule has 7 rings (SSSR count). The summed E-state index contributed by atoms with van der Waals surface area (Å²) in [4.78, 5) is 0. The molecule has 0 aromatic carbocycles. The van der Waals surface area contributed by atoms with E-state index >= 15 is 0 Å². The third-order valence-electron chi connectivity index (χ3n) is 15.9. The highest BCUT2D eigenvalue weighted by Gasteiger charge is 2.38. The number of hydrogen-bond donors (Lipinski definition) is 0. The molecule has 8 heteroatoms. The van der Waals surface area contributed by atoms with Crippen LogP contribution >= 0.6 is 0 Å². The molecule has 0 aromatic heterocycles. The Labute approximate surface area is 338 Å². The first-order valence-corrected chi connectivity index (χ1v) is 23.7. The average molecular weight is 795 g/mol. The first-order valence-electron chi connectivity index (χ1n) is 23.7. The van der Waals surface area contributed by atoms with E-state index in [1.54, 1.807) is 0 Å². The molecule has 0 radical (unpaired) electrons. The highest BCUT2D eigenvalue weighted by molar-refractivity contribution is 4.90. The van der Waals surface area contributed by atoms with Gasteiger partial charge in [0.2, 0.25) is 0 Å². The number of rotatable bonds is 11. The first kappa shape index (κ1) is 44.6. The number of ether oxygens (including phenoxy) is 4. The average Bonchev–Trinajstić information content (AvgIpc) is 3.23. The Morgan fingerprint density at radius 1 is 0.375 bits per heavy atom. The Bertz CT molecular complexity index is 1130. The Morgan fingerprint density at radius 2 is 0.696 bits per heavy atom.